The Morgan fingerprint density at radius 1 is 1.53 bits per heavy atom. The van der Waals surface area contributed by atoms with Gasteiger partial charge in [0, 0.05) is 18.7 Å². The normalized spacial score (nSPS) is 10.0. The van der Waals surface area contributed by atoms with Crippen LogP contribution >= 0.6 is 11.6 Å². The average Bonchev–Trinajstić information content (AvgIpc) is 2.26. The maximum absolute atomic E-state index is 11.2. The van der Waals surface area contributed by atoms with Crippen LogP contribution in [0.25, 0.3) is 0 Å². The first kappa shape index (κ1) is 13.4. The lowest BCUT2D eigenvalue weighted by Crippen LogP contribution is -2.15. The van der Waals surface area contributed by atoms with Gasteiger partial charge in [0.1, 0.15) is 17.4 Å². The highest BCUT2D eigenvalue weighted by atomic mass is 35.5. The Balaban J connectivity index is 2.70. The molecule has 0 spiro atoms. The third kappa shape index (κ3) is 4.01. The highest BCUT2D eigenvalue weighted by molar-refractivity contribution is 6.32. The second-order valence-electron chi connectivity index (χ2n) is 2.98. The van der Waals surface area contributed by atoms with Crippen LogP contribution in [0.5, 0.6) is 5.75 Å². The molecule has 17 heavy (non-hydrogen) atoms. The highest BCUT2D eigenvalue weighted by Crippen LogP contribution is 2.28. The molecule has 0 amide bonds. The zero-order valence-corrected chi connectivity index (χ0v) is 9.77. The summed E-state index contributed by atoms with van der Waals surface area (Å²) in [5.74, 6) is -0.443. The molecule has 0 heterocycles. The van der Waals surface area contributed by atoms with Crippen molar-refractivity contribution in [3.63, 3.8) is 0 Å². The molecular weight excluding hydrogens is 250 g/mol. The molecule has 7 heteroatoms. The van der Waals surface area contributed by atoms with E-state index in [0.717, 1.165) is 0 Å². The monoisotopic (exact) mass is 259 g/mol. The van der Waals surface area contributed by atoms with Crippen LogP contribution in [-0.4, -0.2) is 24.1 Å². The van der Waals surface area contributed by atoms with E-state index in [1.807, 2.05) is 0 Å². The third-order valence-corrected chi connectivity index (χ3v) is 2.07. The number of halogens is 1. The molecule has 6 nitrogen and oxygen atoms in total. The van der Waals surface area contributed by atoms with Gasteiger partial charge in [-0.25, -0.2) is 4.79 Å². The van der Waals surface area contributed by atoms with E-state index in [0.29, 0.717) is 6.61 Å². The second-order valence-corrected chi connectivity index (χ2v) is 3.39. The molecule has 0 bridgehead atoms. The number of carbonyl (C=O) groups excluding carboxylic acids is 1. The Kier molecular flexibility index (Phi) is 4.86. The number of hydrogen-bond donors (Lipinski definition) is 0. The van der Waals surface area contributed by atoms with Crippen molar-refractivity contribution in [3.8, 4) is 5.75 Å². The highest BCUT2D eigenvalue weighted by Gasteiger charge is 2.14. The molecule has 0 saturated heterocycles. The fraction of sp³-hybridized carbons (Fsp3) is 0.300. The van der Waals surface area contributed by atoms with Gasteiger partial charge in [-0.3, -0.25) is 10.1 Å². The van der Waals surface area contributed by atoms with Gasteiger partial charge in [-0.15, -0.1) is 0 Å². The van der Waals surface area contributed by atoms with E-state index in [1.165, 1.54) is 18.2 Å². The van der Waals surface area contributed by atoms with Gasteiger partial charge in [-0.05, 0) is 13.0 Å². The van der Waals surface area contributed by atoms with Gasteiger partial charge >= 0.3 is 5.97 Å². The lowest BCUT2D eigenvalue weighted by atomic mass is 10.3. The summed E-state index contributed by atoms with van der Waals surface area (Å²) in [7, 11) is 0. The van der Waals surface area contributed by atoms with Crippen molar-refractivity contribution >= 4 is 23.3 Å². The van der Waals surface area contributed by atoms with Crippen molar-refractivity contribution in [2.75, 3.05) is 13.2 Å². The van der Waals surface area contributed by atoms with Crippen LogP contribution in [0.15, 0.2) is 18.2 Å². The Labute approximate surface area is 102 Å². The van der Waals surface area contributed by atoms with E-state index in [4.69, 9.17) is 21.1 Å². The number of hydrogen-bond acceptors (Lipinski definition) is 5. The minimum absolute atomic E-state index is 0.0864. The SMILES string of the molecule is CCOCC(=O)Oc1ccc([N+](=O)[O-])c(Cl)c1. The summed E-state index contributed by atoms with van der Waals surface area (Å²) in [6.45, 7) is 1.97. The first-order valence-corrected chi connectivity index (χ1v) is 5.14. The molecular formula is C10H10ClNO5. The molecule has 0 fully saturated rings. The number of nitro benzene ring substituents is 1. The fourth-order valence-electron chi connectivity index (χ4n) is 1.05. The predicted octanol–water partition coefficient (Wildman–Crippen LogP) is 2.19. The maximum atomic E-state index is 11.2. The van der Waals surface area contributed by atoms with Crippen molar-refractivity contribution in [1.29, 1.82) is 0 Å². The maximum Gasteiger partial charge on any atom is 0.337 e. The molecule has 0 unspecified atom stereocenters. The lowest BCUT2D eigenvalue weighted by Gasteiger charge is -2.04. The minimum atomic E-state index is -0.617. The minimum Gasteiger partial charge on any atom is -0.425 e. The lowest BCUT2D eigenvalue weighted by molar-refractivity contribution is -0.384. The van der Waals surface area contributed by atoms with Crippen LogP contribution in [0.1, 0.15) is 6.92 Å². The van der Waals surface area contributed by atoms with E-state index < -0.39 is 10.9 Å². The Hall–Kier alpha value is -1.66. The Morgan fingerprint density at radius 3 is 2.76 bits per heavy atom. The number of ether oxygens (including phenoxy) is 2. The van der Waals surface area contributed by atoms with Gasteiger partial charge in [0.05, 0.1) is 4.92 Å². The van der Waals surface area contributed by atoms with Crippen LogP contribution in [-0.2, 0) is 9.53 Å². The number of nitro groups is 1. The smallest absolute Gasteiger partial charge is 0.337 e. The van der Waals surface area contributed by atoms with Crippen LogP contribution in [0, 0.1) is 10.1 Å². The molecule has 1 aromatic carbocycles. The van der Waals surface area contributed by atoms with Crippen molar-refractivity contribution in [1.82, 2.24) is 0 Å². The molecule has 1 rings (SSSR count). The quantitative estimate of drug-likeness (QED) is 0.350. The molecule has 0 saturated carbocycles. The summed E-state index contributed by atoms with van der Waals surface area (Å²) >= 11 is 5.65. The van der Waals surface area contributed by atoms with Gasteiger partial charge in [-0.2, -0.15) is 0 Å². The molecule has 0 aliphatic carbocycles. The van der Waals surface area contributed by atoms with Crippen molar-refractivity contribution in [2.45, 2.75) is 6.92 Å². The third-order valence-electron chi connectivity index (χ3n) is 1.77. The summed E-state index contributed by atoms with van der Waals surface area (Å²) in [5, 5.41) is 10.4. The number of nitrogens with zero attached hydrogens (tertiary/aromatic N) is 1. The number of benzene rings is 1. The van der Waals surface area contributed by atoms with Gasteiger partial charge < -0.3 is 9.47 Å². The van der Waals surface area contributed by atoms with E-state index in [-0.39, 0.29) is 23.1 Å². The predicted molar refractivity (Wildman–Crippen MR) is 60.2 cm³/mol. The van der Waals surface area contributed by atoms with E-state index in [2.05, 4.69) is 0 Å². The Bertz CT molecular complexity index is 435. The van der Waals surface area contributed by atoms with Gasteiger partial charge in [0.25, 0.3) is 5.69 Å². The zero-order valence-electron chi connectivity index (χ0n) is 9.01. The largest absolute Gasteiger partial charge is 0.425 e. The summed E-state index contributed by atoms with van der Waals surface area (Å²) in [6.07, 6.45) is 0. The van der Waals surface area contributed by atoms with E-state index >= 15 is 0 Å². The number of rotatable bonds is 5. The number of carbonyl (C=O) groups is 1. The molecule has 0 aliphatic heterocycles. The van der Waals surface area contributed by atoms with Gasteiger partial charge in [0.2, 0.25) is 0 Å². The van der Waals surface area contributed by atoms with Gasteiger partial charge in [-0.1, -0.05) is 11.6 Å². The molecule has 0 atom stereocenters. The molecule has 0 aliphatic rings. The van der Waals surface area contributed by atoms with E-state index in [9.17, 15) is 14.9 Å². The molecule has 0 N–H and O–H groups in total. The van der Waals surface area contributed by atoms with Crippen molar-refractivity contribution in [3.05, 3.63) is 33.3 Å². The summed E-state index contributed by atoms with van der Waals surface area (Å²) in [6, 6.07) is 3.68. The first-order chi connectivity index (χ1) is 8.04. The van der Waals surface area contributed by atoms with Crippen molar-refractivity contribution < 1.29 is 19.2 Å². The molecule has 0 aromatic heterocycles. The molecule has 92 valence electrons. The van der Waals surface area contributed by atoms with Crippen LogP contribution in [0.4, 0.5) is 5.69 Å². The van der Waals surface area contributed by atoms with Crippen LogP contribution in [0.3, 0.4) is 0 Å². The summed E-state index contributed by atoms with van der Waals surface area (Å²) in [5.41, 5.74) is -0.240. The summed E-state index contributed by atoms with van der Waals surface area (Å²) < 4.78 is 9.70. The van der Waals surface area contributed by atoms with Crippen LogP contribution in [0.2, 0.25) is 5.02 Å². The summed E-state index contributed by atoms with van der Waals surface area (Å²) in [4.78, 5) is 21.1. The molecule has 0 radical (unpaired) electrons. The van der Waals surface area contributed by atoms with Gasteiger partial charge in [0.15, 0.2) is 0 Å². The second kappa shape index (κ2) is 6.17. The number of esters is 1. The average molecular weight is 260 g/mol. The zero-order chi connectivity index (χ0) is 12.8. The van der Waals surface area contributed by atoms with Crippen LogP contribution < -0.4 is 4.74 Å². The Morgan fingerprint density at radius 2 is 2.24 bits per heavy atom. The van der Waals surface area contributed by atoms with Crippen molar-refractivity contribution in [2.24, 2.45) is 0 Å². The fourth-order valence-corrected chi connectivity index (χ4v) is 1.29. The molecule has 1 aromatic rings. The van der Waals surface area contributed by atoms with E-state index in [1.54, 1.807) is 6.92 Å². The standard InChI is InChI=1S/C10H10ClNO5/c1-2-16-6-10(13)17-7-3-4-9(12(14)15)8(11)5-7/h3-5H,2,6H2,1H3. The topological polar surface area (TPSA) is 78.7 Å². The first-order valence-electron chi connectivity index (χ1n) is 4.77.